The van der Waals surface area contributed by atoms with Crippen LogP contribution in [0, 0.1) is 0 Å². The number of carbonyl (C=O) groups excluding carboxylic acids is 1. The average Bonchev–Trinajstić information content (AvgIpc) is 2.85. The molecule has 1 saturated carbocycles. The lowest BCUT2D eigenvalue weighted by Gasteiger charge is -2.12. The number of rotatable bonds is 3. The van der Waals surface area contributed by atoms with Gasteiger partial charge in [-0.2, -0.15) is 0 Å². The fraction of sp³-hybridized carbons (Fsp3) is 0.273. The normalized spacial score (nSPS) is 14.9. The lowest BCUT2D eigenvalue weighted by molar-refractivity contribution is 0.0701. The predicted octanol–water partition coefficient (Wildman–Crippen LogP) is 1.88. The van der Waals surface area contributed by atoms with Gasteiger partial charge in [0.25, 0.3) is 0 Å². The molecule has 1 aliphatic rings. The van der Waals surface area contributed by atoms with Crippen LogP contribution in [-0.4, -0.2) is 22.1 Å². The smallest absolute Gasteiger partial charge is 0.306 e. The molecule has 88 valence electrons. The Bertz CT molecular complexity index is 531. The van der Waals surface area contributed by atoms with Crippen LogP contribution in [0.15, 0.2) is 28.1 Å². The van der Waals surface area contributed by atoms with Crippen molar-refractivity contribution in [3.63, 3.8) is 0 Å². The molecule has 0 bridgehead atoms. The Morgan fingerprint density at radius 3 is 3.06 bits per heavy atom. The summed E-state index contributed by atoms with van der Waals surface area (Å²) >= 11 is 1.55. The summed E-state index contributed by atoms with van der Waals surface area (Å²) in [6.07, 6.45) is 1.93. The maximum Gasteiger partial charge on any atom is 0.306 e. The number of thiophene rings is 1. The van der Waals surface area contributed by atoms with E-state index in [-0.39, 0.29) is 17.7 Å². The molecule has 0 spiro atoms. The number of aromatic nitrogens is 1. The van der Waals surface area contributed by atoms with Crippen LogP contribution >= 0.6 is 11.3 Å². The monoisotopic (exact) mass is 249 g/mol. The minimum atomic E-state index is -0.303. The molecule has 0 aliphatic heterocycles. The number of nitrogens with zero attached hydrogens (tertiary/aromatic N) is 2. The van der Waals surface area contributed by atoms with Crippen LogP contribution in [-0.2, 0) is 0 Å². The van der Waals surface area contributed by atoms with Crippen molar-refractivity contribution in [2.45, 2.75) is 18.9 Å². The van der Waals surface area contributed by atoms with Crippen LogP contribution in [0.3, 0.4) is 0 Å². The van der Waals surface area contributed by atoms with E-state index in [0.717, 1.165) is 17.7 Å². The number of amides is 1. The minimum absolute atomic E-state index is 0.165. The highest BCUT2D eigenvalue weighted by atomic mass is 32.1. The van der Waals surface area contributed by atoms with Gasteiger partial charge in [-0.15, -0.1) is 11.3 Å². The second kappa shape index (κ2) is 3.97. The van der Waals surface area contributed by atoms with Gasteiger partial charge in [0.05, 0.1) is 4.88 Å². The van der Waals surface area contributed by atoms with E-state index in [2.05, 4.69) is 5.16 Å². The van der Waals surface area contributed by atoms with Crippen molar-refractivity contribution in [1.29, 1.82) is 0 Å². The standard InChI is InChI=1S/C11H11N3O2S/c12-14(7-3-4-7)11(15)9-6-8(13-16-9)10-2-1-5-17-10/h1-2,5-7H,3-4,12H2. The van der Waals surface area contributed by atoms with E-state index in [0.29, 0.717) is 5.69 Å². The van der Waals surface area contributed by atoms with Crippen molar-refractivity contribution in [3.05, 3.63) is 29.3 Å². The fourth-order valence-corrected chi connectivity index (χ4v) is 2.24. The van der Waals surface area contributed by atoms with Crippen molar-refractivity contribution >= 4 is 17.2 Å². The van der Waals surface area contributed by atoms with Crippen LogP contribution < -0.4 is 5.84 Å². The molecular formula is C11H11N3O2S. The SMILES string of the molecule is NN(C(=O)c1cc(-c2cccs2)no1)C1CC1. The van der Waals surface area contributed by atoms with Crippen molar-refractivity contribution in [1.82, 2.24) is 10.2 Å². The zero-order valence-corrected chi connectivity index (χ0v) is 9.81. The van der Waals surface area contributed by atoms with Crippen LogP contribution in [0.1, 0.15) is 23.4 Å². The van der Waals surface area contributed by atoms with Gasteiger partial charge in [-0.25, -0.2) is 5.84 Å². The lowest BCUT2D eigenvalue weighted by Crippen LogP contribution is -2.39. The van der Waals surface area contributed by atoms with E-state index in [4.69, 9.17) is 10.4 Å². The van der Waals surface area contributed by atoms with E-state index in [1.807, 2.05) is 17.5 Å². The van der Waals surface area contributed by atoms with Crippen LogP contribution in [0.4, 0.5) is 0 Å². The predicted molar refractivity (Wildman–Crippen MR) is 63.2 cm³/mol. The Kier molecular flexibility index (Phi) is 2.45. The maximum absolute atomic E-state index is 11.9. The first-order valence-electron chi connectivity index (χ1n) is 5.34. The molecule has 5 nitrogen and oxygen atoms in total. The molecule has 0 saturated heterocycles. The van der Waals surface area contributed by atoms with Gasteiger partial charge in [0.2, 0.25) is 5.76 Å². The summed E-state index contributed by atoms with van der Waals surface area (Å²) in [5.74, 6) is 5.58. The Morgan fingerprint density at radius 1 is 1.59 bits per heavy atom. The molecule has 2 aromatic rings. The molecule has 1 aliphatic carbocycles. The molecule has 0 aromatic carbocycles. The molecule has 6 heteroatoms. The van der Waals surface area contributed by atoms with Gasteiger partial charge in [0, 0.05) is 12.1 Å². The molecule has 2 aromatic heterocycles. The minimum Gasteiger partial charge on any atom is -0.350 e. The summed E-state index contributed by atoms with van der Waals surface area (Å²) in [4.78, 5) is 12.9. The van der Waals surface area contributed by atoms with Crippen LogP contribution in [0.5, 0.6) is 0 Å². The Morgan fingerprint density at radius 2 is 2.41 bits per heavy atom. The summed E-state index contributed by atoms with van der Waals surface area (Å²) in [5, 5.41) is 7.06. The van der Waals surface area contributed by atoms with Gasteiger partial charge < -0.3 is 4.52 Å². The Labute approximate surface area is 102 Å². The van der Waals surface area contributed by atoms with Crippen molar-refractivity contribution < 1.29 is 9.32 Å². The summed E-state index contributed by atoms with van der Waals surface area (Å²) in [6.45, 7) is 0. The van der Waals surface area contributed by atoms with E-state index in [1.54, 1.807) is 17.4 Å². The second-order valence-electron chi connectivity index (χ2n) is 4.00. The zero-order chi connectivity index (χ0) is 11.8. The van der Waals surface area contributed by atoms with Gasteiger partial charge in [-0.1, -0.05) is 11.2 Å². The first-order chi connectivity index (χ1) is 8.25. The summed E-state index contributed by atoms with van der Waals surface area (Å²) in [7, 11) is 0. The molecule has 2 heterocycles. The second-order valence-corrected chi connectivity index (χ2v) is 4.94. The van der Waals surface area contributed by atoms with Crippen molar-refractivity contribution in [3.8, 4) is 10.6 Å². The van der Waals surface area contributed by atoms with Crippen LogP contribution in [0.2, 0.25) is 0 Å². The van der Waals surface area contributed by atoms with E-state index in [1.165, 1.54) is 5.01 Å². The van der Waals surface area contributed by atoms with Crippen molar-refractivity contribution in [2.75, 3.05) is 0 Å². The van der Waals surface area contributed by atoms with E-state index >= 15 is 0 Å². The molecule has 3 rings (SSSR count). The van der Waals surface area contributed by atoms with Crippen LogP contribution in [0.25, 0.3) is 10.6 Å². The molecule has 2 N–H and O–H groups in total. The number of carbonyl (C=O) groups is 1. The van der Waals surface area contributed by atoms with E-state index in [9.17, 15) is 4.79 Å². The third-order valence-electron chi connectivity index (χ3n) is 2.67. The fourth-order valence-electron chi connectivity index (χ4n) is 1.56. The highest BCUT2D eigenvalue weighted by Crippen LogP contribution is 2.27. The number of nitrogens with two attached hydrogens (primary N) is 1. The van der Waals surface area contributed by atoms with Crippen molar-refractivity contribution in [2.24, 2.45) is 5.84 Å². The number of hydrazine groups is 1. The highest BCUT2D eigenvalue weighted by molar-refractivity contribution is 7.13. The van der Waals surface area contributed by atoms with Gasteiger partial charge >= 0.3 is 5.91 Å². The molecule has 17 heavy (non-hydrogen) atoms. The van der Waals surface area contributed by atoms with Gasteiger partial charge in [0.15, 0.2) is 0 Å². The molecule has 0 atom stereocenters. The van der Waals surface area contributed by atoms with Gasteiger partial charge in [0.1, 0.15) is 5.69 Å². The molecule has 0 unspecified atom stereocenters. The molecule has 1 fully saturated rings. The lowest BCUT2D eigenvalue weighted by atomic mass is 10.3. The first-order valence-corrected chi connectivity index (χ1v) is 6.22. The Balaban J connectivity index is 1.82. The largest absolute Gasteiger partial charge is 0.350 e. The topological polar surface area (TPSA) is 72.4 Å². The van der Waals surface area contributed by atoms with Gasteiger partial charge in [-0.3, -0.25) is 9.80 Å². The first kappa shape index (κ1) is 10.5. The number of hydrogen-bond acceptors (Lipinski definition) is 5. The average molecular weight is 249 g/mol. The van der Waals surface area contributed by atoms with Gasteiger partial charge in [-0.05, 0) is 24.3 Å². The third kappa shape index (κ3) is 1.96. The molecule has 1 amide bonds. The number of hydrogen-bond donors (Lipinski definition) is 1. The third-order valence-corrected chi connectivity index (χ3v) is 3.56. The molecule has 0 radical (unpaired) electrons. The zero-order valence-electron chi connectivity index (χ0n) is 9.00. The highest BCUT2D eigenvalue weighted by Gasteiger charge is 2.32. The Hall–Kier alpha value is -1.66. The summed E-state index contributed by atoms with van der Waals surface area (Å²) < 4.78 is 5.03. The van der Waals surface area contributed by atoms with E-state index < -0.39 is 0 Å². The summed E-state index contributed by atoms with van der Waals surface area (Å²) in [6, 6.07) is 5.65. The maximum atomic E-state index is 11.9. The quantitative estimate of drug-likeness (QED) is 0.512. The molecular weight excluding hydrogens is 238 g/mol. The summed E-state index contributed by atoms with van der Waals surface area (Å²) in [5.41, 5.74) is 0.674.